The predicted molar refractivity (Wildman–Crippen MR) is 131 cm³/mol. The highest BCUT2D eigenvalue weighted by molar-refractivity contribution is 14.1. The molecule has 3 aromatic carbocycles. The maximum atomic E-state index is 12.7. The average Bonchev–Trinajstić information content (AvgIpc) is 3.04. The van der Waals surface area contributed by atoms with Gasteiger partial charge in [0.1, 0.15) is 10.6 Å². The van der Waals surface area contributed by atoms with Gasteiger partial charge in [-0.15, -0.1) is 0 Å². The van der Waals surface area contributed by atoms with Crippen LogP contribution in [0.1, 0.15) is 11.1 Å². The van der Waals surface area contributed by atoms with Crippen LogP contribution in [0.2, 0.25) is 0 Å². The number of nitrogens with zero attached hydrogens (tertiary/aromatic N) is 1. The molecule has 1 fully saturated rings. The summed E-state index contributed by atoms with van der Waals surface area (Å²) in [6.07, 6.45) is 1.61. The largest absolute Gasteiger partial charge is 0.379 e. The first-order valence-corrected chi connectivity index (χ1v) is 12.7. The van der Waals surface area contributed by atoms with Crippen LogP contribution in [0, 0.1) is 3.57 Å². The maximum absolute atomic E-state index is 12.7. The Kier molecular flexibility index (Phi) is 6.68. The molecule has 1 aliphatic rings. The second-order valence-electron chi connectivity index (χ2n) is 6.81. The molecule has 1 saturated heterocycles. The van der Waals surface area contributed by atoms with Crippen LogP contribution in [-0.4, -0.2) is 24.5 Å². The molecule has 0 bridgehead atoms. The summed E-state index contributed by atoms with van der Waals surface area (Å²) < 4.78 is 30.9. The molecule has 1 aliphatic heterocycles. The van der Waals surface area contributed by atoms with Gasteiger partial charge in [-0.1, -0.05) is 42.5 Å². The van der Waals surface area contributed by atoms with Crippen molar-refractivity contribution in [2.24, 2.45) is 0 Å². The second kappa shape index (κ2) is 9.47. The zero-order valence-corrected chi connectivity index (χ0v) is 20.3. The van der Waals surface area contributed by atoms with E-state index in [1.54, 1.807) is 36.4 Å². The Morgan fingerprint density at radius 3 is 2.22 bits per heavy atom. The van der Waals surface area contributed by atoms with Gasteiger partial charge in [0, 0.05) is 3.57 Å². The Labute approximate surface area is 203 Å². The lowest BCUT2D eigenvalue weighted by Gasteiger charge is -2.12. The second-order valence-corrected chi connectivity index (χ2v) is 10.6. The van der Waals surface area contributed by atoms with E-state index < -0.39 is 10.1 Å². The lowest BCUT2D eigenvalue weighted by molar-refractivity contribution is -0.123. The third-order valence-corrected chi connectivity index (χ3v) is 7.43. The number of amides is 2. The van der Waals surface area contributed by atoms with Crippen molar-refractivity contribution in [3.63, 3.8) is 0 Å². The SMILES string of the molecule is O=C1S/C(=C\c2ccc(OS(=O)(=O)c3ccccc3)cc2)C(=O)N1Cc1ccc(I)cc1. The fourth-order valence-corrected chi connectivity index (χ4v) is 5.09. The fourth-order valence-electron chi connectivity index (χ4n) is 2.94. The normalized spacial score (nSPS) is 15.4. The molecular weight excluding hydrogens is 561 g/mol. The predicted octanol–water partition coefficient (Wildman–Crippen LogP) is 5.30. The summed E-state index contributed by atoms with van der Waals surface area (Å²) >= 11 is 3.07. The van der Waals surface area contributed by atoms with Crippen LogP contribution in [0.5, 0.6) is 5.75 Å². The highest BCUT2D eigenvalue weighted by Crippen LogP contribution is 2.33. The van der Waals surface area contributed by atoms with Gasteiger partial charge in [0.25, 0.3) is 11.1 Å². The molecular formula is C23H16INO5S2. The van der Waals surface area contributed by atoms with Crippen LogP contribution in [0.15, 0.2) is 88.7 Å². The summed E-state index contributed by atoms with van der Waals surface area (Å²) in [6, 6.07) is 21.7. The van der Waals surface area contributed by atoms with E-state index in [2.05, 4.69) is 22.6 Å². The molecule has 6 nitrogen and oxygen atoms in total. The number of thioether (sulfide) groups is 1. The summed E-state index contributed by atoms with van der Waals surface area (Å²) in [4.78, 5) is 26.6. The van der Waals surface area contributed by atoms with Crippen molar-refractivity contribution in [2.45, 2.75) is 11.4 Å². The molecule has 0 aromatic heterocycles. The summed E-state index contributed by atoms with van der Waals surface area (Å²) in [5.74, 6) is -0.205. The molecule has 3 aromatic rings. The van der Waals surface area contributed by atoms with Crippen molar-refractivity contribution < 1.29 is 22.2 Å². The number of halogens is 1. The monoisotopic (exact) mass is 577 g/mol. The molecule has 32 heavy (non-hydrogen) atoms. The lowest BCUT2D eigenvalue weighted by atomic mass is 10.2. The topological polar surface area (TPSA) is 80.8 Å². The summed E-state index contributed by atoms with van der Waals surface area (Å²) in [5, 5.41) is -0.325. The molecule has 9 heteroatoms. The van der Waals surface area contributed by atoms with Crippen molar-refractivity contribution in [1.29, 1.82) is 0 Å². The van der Waals surface area contributed by atoms with E-state index in [9.17, 15) is 18.0 Å². The zero-order chi connectivity index (χ0) is 22.7. The van der Waals surface area contributed by atoms with E-state index >= 15 is 0 Å². The summed E-state index contributed by atoms with van der Waals surface area (Å²) in [6.45, 7) is 0.211. The number of rotatable bonds is 6. The minimum absolute atomic E-state index is 0.0610. The van der Waals surface area contributed by atoms with Gasteiger partial charge in [-0.25, -0.2) is 0 Å². The van der Waals surface area contributed by atoms with Gasteiger partial charge in [0.2, 0.25) is 0 Å². The molecule has 2 amide bonds. The third kappa shape index (κ3) is 5.22. The van der Waals surface area contributed by atoms with Crippen molar-refractivity contribution in [2.75, 3.05) is 0 Å². The fraction of sp³-hybridized carbons (Fsp3) is 0.0435. The number of imide groups is 1. The third-order valence-electron chi connectivity index (χ3n) is 4.54. The van der Waals surface area contributed by atoms with Gasteiger partial charge in [-0.3, -0.25) is 14.5 Å². The molecule has 0 spiro atoms. The van der Waals surface area contributed by atoms with Crippen LogP contribution in [0.3, 0.4) is 0 Å². The Balaban J connectivity index is 1.46. The highest BCUT2D eigenvalue weighted by atomic mass is 127. The van der Waals surface area contributed by atoms with Gasteiger partial charge in [0.05, 0.1) is 11.4 Å². The van der Waals surface area contributed by atoms with Crippen LogP contribution in [0.25, 0.3) is 6.08 Å². The molecule has 1 heterocycles. The quantitative estimate of drug-likeness (QED) is 0.225. The molecule has 0 saturated carbocycles. The first kappa shape index (κ1) is 22.6. The maximum Gasteiger partial charge on any atom is 0.339 e. The molecule has 4 rings (SSSR count). The molecule has 0 radical (unpaired) electrons. The number of hydrogen-bond acceptors (Lipinski definition) is 6. The van der Waals surface area contributed by atoms with E-state index in [4.69, 9.17) is 4.18 Å². The average molecular weight is 577 g/mol. The number of carbonyl (C=O) groups is 2. The molecule has 0 unspecified atom stereocenters. The molecule has 162 valence electrons. The van der Waals surface area contributed by atoms with Crippen molar-refractivity contribution >= 4 is 61.7 Å². The van der Waals surface area contributed by atoms with Crippen LogP contribution < -0.4 is 4.18 Å². The Morgan fingerprint density at radius 2 is 1.56 bits per heavy atom. The zero-order valence-electron chi connectivity index (χ0n) is 16.5. The van der Waals surface area contributed by atoms with E-state index in [1.165, 1.54) is 29.2 Å². The van der Waals surface area contributed by atoms with Gasteiger partial charge in [0.15, 0.2) is 0 Å². The minimum Gasteiger partial charge on any atom is -0.379 e. The van der Waals surface area contributed by atoms with E-state index in [0.717, 1.165) is 20.9 Å². The van der Waals surface area contributed by atoms with Gasteiger partial charge < -0.3 is 4.18 Å². The number of benzene rings is 3. The lowest BCUT2D eigenvalue weighted by Crippen LogP contribution is -2.27. The van der Waals surface area contributed by atoms with Gasteiger partial charge in [-0.05, 0) is 88.0 Å². The van der Waals surface area contributed by atoms with E-state index in [0.29, 0.717) is 10.5 Å². The van der Waals surface area contributed by atoms with Crippen molar-refractivity contribution in [3.05, 3.63) is 98.5 Å². The molecule has 0 aliphatic carbocycles. The van der Waals surface area contributed by atoms with Gasteiger partial charge in [-0.2, -0.15) is 8.42 Å². The first-order chi connectivity index (χ1) is 15.3. The standard InChI is InChI=1S/C23H16INO5S2/c24-18-10-6-17(7-11-18)15-25-22(26)21(31-23(25)27)14-16-8-12-19(13-9-16)30-32(28,29)20-4-2-1-3-5-20/h1-14H,15H2/b21-14-. The molecule has 0 N–H and O–H groups in total. The van der Waals surface area contributed by atoms with Crippen LogP contribution in [-0.2, 0) is 21.5 Å². The van der Waals surface area contributed by atoms with Crippen molar-refractivity contribution in [3.8, 4) is 5.75 Å². The summed E-state index contributed by atoms with van der Waals surface area (Å²) in [5.41, 5.74) is 1.52. The highest BCUT2D eigenvalue weighted by Gasteiger charge is 2.34. The van der Waals surface area contributed by atoms with Crippen LogP contribution >= 0.6 is 34.4 Å². The molecule has 0 atom stereocenters. The number of carbonyl (C=O) groups excluding carboxylic acids is 2. The Bertz CT molecular complexity index is 1290. The van der Waals surface area contributed by atoms with Gasteiger partial charge >= 0.3 is 10.1 Å². The first-order valence-electron chi connectivity index (χ1n) is 9.41. The summed E-state index contributed by atoms with van der Waals surface area (Å²) in [7, 11) is -3.93. The van der Waals surface area contributed by atoms with Crippen molar-refractivity contribution in [1.82, 2.24) is 4.90 Å². The van der Waals surface area contributed by atoms with Crippen LogP contribution in [0.4, 0.5) is 4.79 Å². The van der Waals surface area contributed by atoms with E-state index in [1.807, 2.05) is 24.3 Å². The van der Waals surface area contributed by atoms with E-state index in [-0.39, 0.29) is 28.3 Å². The number of hydrogen-bond donors (Lipinski definition) is 0. The minimum atomic E-state index is -3.93. The Morgan fingerprint density at radius 1 is 0.906 bits per heavy atom. The smallest absolute Gasteiger partial charge is 0.339 e. The Hall–Kier alpha value is -2.63.